The van der Waals surface area contributed by atoms with Crippen molar-refractivity contribution >= 4 is 11.7 Å². The number of furan rings is 1. The maximum Gasteiger partial charge on any atom is 0.286 e. The summed E-state index contributed by atoms with van der Waals surface area (Å²) in [6.07, 6.45) is 1.05. The molecule has 0 atom stereocenters. The molecule has 0 bridgehead atoms. The number of hydrogen-bond donors (Lipinski definition) is 3. The summed E-state index contributed by atoms with van der Waals surface area (Å²) in [4.78, 5) is 11.5. The van der Waals surface area contributed by atoms with Crippen LogP contribution in [0.1, 0.15) is 29.2 Å². The zero-order valence-corrected chi connectivity index (χ0v) is 9.06. The second kappa shape index (κ2) is 5.79. The SMILES string of the molecule is Cc1ccc(C(=O)NCCCC(N)=NO)o1. The minimum absolute atomic E-state index is 0.156. The van der Waals surface area contributed by atoms with E-state index in [2.05, 4.69) is 10.5 Å². The third-order valence-corrected chi connectivity index (χ3v) is 1.99. The van der Waals surface area contributed by atoms with Crippen LogP contribution in [0, 0.1) is 6.92 Å². The number of amidine groups is 1. The third-order valence-electron chi connectivity index (χ3n) is 1.99. The van der Waals surface area contributed by atoms with E-state index in [9.17, 15) is 4.79 Å². The van der Waals surface area contributed by atoms with Crippen molar-refractivity contribution in [3.05, 3.63) is 23.7 Å². The fraction of sp³-hybridized carbons (Fsp3) is 0.400. The number of oxime groups is 1. The molecule has 6 nitrogen and oxygen atoms in total. The van der Waals surface area contributed by atoms with Crippen LogP contribution in [0.15, 0.2) is 21.7 Å². The molecule has 0 radical (unpaired) electrons. The van der Waals surface area contributed by atoms with Gasteiger partial charge in [-0.15, -0.1) is 0 Å². The van der Waals surface area contributed by atoms with Gasteiger partial charge in [0, 0.05) is 13.0 Å². The predicted molar refractivity (Wildman–Crippen MR) is 58.4 cm³/mol. The number of carbonyl (C=O) groups excluding carboxylic acids is 1. The minimum Gasteiger partial charge on any atom is -0.456 e. The number of rotatable bonds is 5. The maximum atomic E-state index is 11.5. The molecule has 0 saturated heterocycles. The Morgan fingerprint density at radius 2 is 2.38 bits per heavy atom. The van der Waals surface area contributed by atoms with E-state index in [1.807, 2.05) is 0 Å². The quantitative estimate of drug-likeness (QED) is 0.227. The molecule has 1 rings (SSSR count). The molecule has 0 spiro atoms. The molecule has 1 aromatic heterocycles. The van der Waals surface area contributed by atoms with Gasteiger partial charge in [-0.05, 0) is 25.5 Å². The predicted octanol–water partition coefficient (Wildman–Crippen LogP) is 0.844. The Morgan fingerprint density at radius 1 is 1.62 bits per heavy atom. The molecule has 0 saturated carbocycles. The summed E-state index contributed by atoms with van der Waals surface area (Å²) in [5, 5.41) is 13.8. The summed E-state index contributed by atoms with van der Waals surface area (Å²) in [7, 11) is 0. The summed E-state index contributed by atoms with van der Waals surface area (Å²) in [6.45, 7) is 2.23. The molecule has 1 heterocycles. The highest BCUT2D eigenvalue weighted by molar-refractivity contribution is 5.91. The van der Waals surface area contributed by atoms with Gasteiger partial charge in [0.05, 0.1) is 0 Å². The van der Waals surface area contributed by atoms with Gasteiger partial charge in [0.25, 0.3) is 5.91 Å². The Morgan fingerprint density at radius 3 is 2.94 bits per heavy atom. The molecule has 0 unspecified atom stereocenters. The molecule has 0 aliphatic heterocycles. The second-order valence-corrected chi connectivity index (χ2v) is 3.36. The number of hydrogen-bond acceptors (Lipinski definition) is 4. The average Bonchev–Trinajstić information content (AvgIpc) is 2.70. The van der Waals surface area contributed by atoms with Crippen molar-refractivity contribution in [2.45, 2.75) is 19.8 Å². The van der Waals surface area contributed by atoms with Crippen LogP contribution in [0.2, 0.25) is 0 Å². The monoisotopic (exact) mass is 225 g/mol. The Bertz CT molecular complexity index is 384. The minimum atomic E-state index is -0.257. The number of amides is 1. The highest BCUT2D eigenvalue weighted by Gasteiger charge is 2.08. The molecule has 6 heteroatoms. The molecule has 0 fully saturated rings. The Hall–Kier alpha value is -1.98. The molecular weight excluding hydrogens is 210 g/mol. The summed E-state index contributed by atoms with van der Waals surface area (Å²) >= 11 is 0. The van der Waals surface area contributed by atoms with E-state index in [1.165, 1.54) is 0 Å². The van der Waals surface area contributed by atoms with Gasteiger partial charge in [-0.2, -0.15) is 0 Å². The number of nitrogens with one attached hydrogen (secondary N) is 1. The molecule has 4 N–H and O–H groups in total. The van der Waals surface area contributed by atoms with Crippen LogP contribution in [0.3, 0.4) is 0 Å². The van der Waals surface area contributed by atoms with Gasteiger partial charge < -0.3 is 20.7 Å². The van der Waals surface area contributed by atoms with Crippen LogP contribution in [0.4, 0.5) is 0 Å². The Labute approximate surface area is 93.1 Å². The first-order chi connectivity index (χ1) is 7.63. The van der Waals surface area contributed by atoms with Gasteiger partial charge in [-0.3, -0.25) is 4.79 Å². The number of nitrogens with two attached hydrogens (primary N) is 1. The van der Waals surface area contributed by atoms with E-state index in [0.717, 1.165) is 0 Å². The zero-order valence-electron chi connectivity index (χ0n) is 9.06. The highest BCUT2D eigenvalue weighted by atomic mass is 16.4. The fourth-order valence-electron chi connectivity index (χ4n) is 1.17. The standard InChI is InChI=1S/C10H15N3O3/c1-7-4-5-8(16-7)10(14)12-6-2-3-9(11)13-15/h4-5,15H,2-3,6H2,1H3,(H2,11,13)(H,12,14). The van der Waals surface area contributed by atoms with Crippen LogP contribution < -0.4 is 11.1 Å². The van der Waals surface area contributed by atoms with Crippen molar-refractivity contribution in [3.63, 3.8) is 0 Å². The van der Waals surface area contributed by atoms with Crippen LogP contribution in [0.25, 0.3) is 0 Å². The summed E-state index contributed by atoms with van der Waals surface area (Å²) < 4.78 is 5.14. The Kier molecular flexibility index (Phi) is 4.38. The van der Waals surface area contributed by atoms with Crippen LogP contribution in [0.5, 0.6) is 0 Å². The maximum absolute atomic E-state index is 11.5. The highest BCUT2D eigenvalue weighted by Crippen LogP contribution is 2.05. The number of carbonyl (C=O) groups is 1. The first-order valence-electron chi connectivity index (χ1n) is 4.94. The molecular formula is C10H15N3O3. The van der Waals surface area contributed by atoms with Crippen LogP contribution in [-0.4, -0.2) is 23.5 Å². The topological polar surface area (TPSA) is 101 Å². The lowest BCUT2D eigenvalue weighted by Crippen LogP contribution is -2.25. The molecule has 88 valence electrons. The zero-order chi connectivity index (χ0) is 12.0. The van der Waals surface area contributed by atoms with Crippen molar-refractivity contribution < 1.29 is 14.4 Å². The van der Waals surface area contributed by atoms with Gasteiger partial charge in [-0.25, -0.2) is 0 Å². The molecule has 16 heavy (non-hydrogen) atoms. The van der Waals surface area contributed by atoms with Gasteiger partial charge in [0.2, 0.25) is 0 Å². The third kappa shape index (κ3) is 3.64. The van der Waals surface area contributed by atoms with Gasteiger partial charge >= 0.3 is 0 Å². The van der Waals surface area contributed by atoms with Crippen molar-refractivity contribution in [2.24, 2.45) is 10.9 Å². The Balaban J connectivity index is 2.26. The fourth-order valence-corrected chi connectivity index (χ4v) is 1.17. The van der Waals surface area contributed by atoms with Crippen molar-refractivity contribution in [1.29, 1.82) is 0 Å². The van der Waals surface area contributed by atoms with Crippen molar-refractivity contribution in [2.75, 3.05) is 6.54 Å². The second-order valence-electron chi connectivity index (χ2n) is 3.36. The molecule has 0 aliphatic carbocycles. The first kappa shape index (κ1) is 12.1. The van der Waals surface area contributed by atoms with Crippen molar-refractivity contribution in [1.82, 2.24) is 5.32 Å². The summed E-state index contributed by atoms with van der Waals surface area (Å²) in [5.41, 5.74) is 5.27. The molecule has 0 aromatic carbocycles. The summed E-state index contributed by atoms with van der Waals surface area (Å²) in [5.74, 6) is 0.888. The number of aryl methyl sites for hydroxylation is 1. The molecule has 1 aromatic rings. The van der Waals surface area contributed by atoms with E-state index in [-0.39, 0.29) is 11.7 Å². The lowest BCUT2D eigenvalue weighted by Gasteiger charge is -2.02. The van der Waals surface area contributed by atoms with E-state index in [0.29, 0.717) is 30.9 Å². The average molecular weight is 225 g/mol. The lowest BCUT2D eigenvalue weighted by molar-refractivity contribution is 0.0924. The molecule has 0 aliphatic rings. The van der Waals surface area contributed by atoms with E-state index in [4.69, 9.17) is 15.4 Å². The van der Waals surface area contributed by atoms with E-state index < -0.39 is 0 Å². The number of nitrogens with zero attached hydrogens (tertiary/aromatic N) is 1. The summed E-state index contributed by atoms with van der Waals surface area (Å²) in [6, 6.07) is 3.35. The lowest BCUT2D eigenvalue weighted by atomic mass is 10.3. The van der Waals surface area contributed by atoms with Crippen LogP contribution in [-0.2, 0) is 0 Å². The van der Waals surface area contributed by atoms with E-state index >= 15 is 0 Å². The van der Waals surface area contributed by atoms with Gasteiger partial charge in [0.1, 0.15) is 11.6 Å². The van der Waals surface area contributed by atoms with Gasteiger partial charge in [0.15, 0.2) is 5.76 Å². The normalized spacial score (nSPS) is 11.4. The molecule has 1 amide bonds. The van der Waals surface area contributed by atoms with E-state index in [1.54, 1.807) is 19.1 Å². The van der Waals surface area contributed by atoms with Gasteiger partial charge in [-0.1, -0.05) is 5.16 Å². The van der Waals surface area contributed by atoms with Crippen LogP contribution >= 0.6 is 0 Å². The smallest absolute Gasteiger partial charge is 0.286 e. The largest absolute Gasteiger partial charge is 0.456 e. The first-order valence-corrected chi connectivity index (χ1v) is 4.94. The van der Waals surface area contributed by atoms with Crippen molar-refractivity contribution in [3.8, 4) is 0 Å².